The Bertz CT molecular complexity index is 1380. The highest BCUT2D eigenvalue weighted by Crippen LogP contribution is 2.34. The van der Waals surface area contributed by atoms with Crippen molar-refractivity contribution in [3.05, 3.63) is 70.3 Å². The Kier molecular flexibility index (Phi) is 8.54. The zero-order chi connectivity index (χ0) is 28.2. The average Bonchev–Trinajstić information content (AvgIpc) is 3.20. The summed E-state index contributed by atoms with van der Waals surface area (Å²) in [5, 5.41) is 14.9. The number of hydrogen-bond donors (Lipinski definition) is 2. The van der Waals surface area contributed by atoms with E-state index in [0.29, 0.717) is 47.6 Å². The van der Waals surface area contributed by atoms with Crippen LogP contribution in [0.4, 0.5) is 4.79 Å². The lowest BCUT2D eigenvalue weighted by Crippen LogP contribution is -2.34. The van der Waals surface area contributed by atoms with Crippen LogP contribution in [0.15, 0.2) is 47.5 Å². The van der Waals surface area contributed by atoms with Gasteiger partial charge >= 0.3 is 6.09 Å². The van der Waals surface area contributed by atoms with E-state index < -0.39 is 17.7 Å². The third kappa shape index (κ3) is 6.94. The van der Waals surface area contributed by atoms with Crippen molar-refractivity contribution in [3.63, 3.8) is 0 Å². The third-order valence-corrected chi connectivity index (χ3v) is 6.22. The molecule has 3 aromatic rings. The average molecular weight is 553 g/mol. The van der Waals surface area contributed by atoms with Gasteiger partial charge in [0.2, 0.25) is 5.91 Å². The van der Waals surface area contributed by atoms with Crippen LogP contribution in [0.1, 0.15) is 62.4 Å². The number of amides is 2. The number of alkyl carbamates (subject to hydrolysis) is 1. The Morgan fingerprint density at radius 1 is 1.05 bits per heavy atom. The molecule has 4 rings (SSSR count). The van der Waals surface area contributed by atoms with Gasteiger partial charge in [-0.25, -0.2) is 4.79 Å². The van der Waals surface area contributed by atoms with E-state index in [2.05, 4.69) is 20.8 Å². The molecule has 11 heteroatoms. The number of carbonyl (C=O) groups excluding carboxylic acids is 2. The number of aromatic nitrogens is 3. The van der Waals surface area contributed by atoms with Gasteiger partial charge < -0.3 is 20.1 Å². The van der Waals surface area contributed by atoms with E-state index in [1.54, 1.807) is 27.9 Å². The van der Waals surface area contributed by atoms with Crippen molar-refractivity contribution >= 4 is 29.3 Å². The summed E-state index contributed by atoms with van der Waals surface area (Å²) in [7, 11) is 1.61. The summed E-state index contributed by atoms with van der Waals surface area (Å²) in [5.74, 6) is 1.75. The van der Waals surface area contributed by atoms with Crippen molar-refractivity contribution < 1.29 is 19.1 Å². The highest BCUT2D eigenvalue weighted by atomic mass is 35.5. The lowest BCUT2D eigenvalue weighted by Gasteiger charge is -2.19. The molecule has 2 aromatic carbocycles. The number of aliphatic imine (C=N–C) groups is 1. The van der Waals surface area contributed by atoms with Gasteiger partial charge in [-0.1, -0.05) is 23.7 Å². The first kappa shape index (κ1) is 28.1. The summed E-state index contributed by atoms with van der Waals surface area (Å²) in [4.78, 5) is 29.9. The van der Waals surface area contributed by atoms with E-state index in [0.717, 1.165) is 16.8 Å². The van der Waals surface area contributed by atoms with Crippen LogP contribution in [0.5, 0.6) is 5.75 Å². The van der Waals surface area contributed by atoms with Crippen molar-refractivity contribution in [2.45, 2.75) is 52.2 Å². The topological polar surface area (TPSA) is 120 Å². The van der Waals surface area contributed by atoms with Crippen LogP contribution in [-0.2, 0) is 9.53 Å². The molecule has 206 valence electrons. The van der Waals surface area contributed by atoms with Crippen LogP contribution >= 0.6 is 11.6 Å². The number of hydrogen-bond acceptors (Lipinski definition) is 7. The predicted molar refractivity (Wildman–Crippen MR) is 149 cm³/mol. The van der Waals surface area contributed by atoms with Gasteiger partial charge in [0.05, 0.1) is 24.9 Å². The fourth-order valence-electron chi connectivity index (χ4n) is 4.25. The predicted octanol–water partition coefficient (Wildman–Crippen LogP) is 4.55. The quantitative estimate of drug-likeness (QED) is 0.396. The van der Waals surface area contributed by atoms with Gasteiger partial charge in [0.25, 0.3) is 0 Å². The zero-order valence-corrected chi connectivity index (χ0v) is 23.5. The Hall–Kier alpha value is -3.92. The molecule has 1 aliphatic heterocycles. The third-order valence-electron chi connectivity index (χ3n) is 5.97. The minimum absolute atomic E-state index is 0.0693. The molecule has 2 N–H and O–H groups in total. The molecular formula is C28H33ClN6O4. The Morgan fingerprint density at radius 3 is 2.46 bits per heavy atom. The van der Waals surface area contributed by atoms with E-state index in [4.69, 9.17) is 26.1 Å². The highest BCUT2D eigenvalue weighted by Gasteiger charge is 2.30. The van der Waals surface area contributed by atoms with E-state index in [-0.39, 0.29) is 12.3 Å². The maximum Gasteiger partial charge on any atom is 0.407 e. The second kappa shape index (κ2) is 11.9. The highest BCUT2D eigenvalue weighted by molar-refractivity contribution is 6.30. The summed E-state index contributed by atoms with van der Waals surface area (Å²) in [6.45, 7) is 8.04. The number of benzene rings is 2. The molecule has 0 saturated carbocycles. The number of aryl methyl sites for hydroxylation is 1. The summed E-state index contributed by atoms with van der Waals surface area (Å²) < 4.78 is 12.7. The number of nitrogens with zero attached hydrogens (tertiary/aromatic N) is 4. The number of nitrogens with one attached hydrogen (secondary N) is 2. The van der Waals surface area contributed by atoms with E-state index >= 15 is 0 Å². The largest absolute Gasteiger partial charge is 0.497 e. The smallest absolute Gasteiger partial charge is 0.407 e. The lowest BCUT2D eigenvalue weighted by molar-refractivity contribution is -0.121. The number of ether oxygens (including phenoxy) is 2. The van der Waals surface area contributed by atoms with Crippen LogP contribution in [-0.4, -0.2) is 58.3 Å². The molecule has 10 nitrogen and oxygen atoms in total. The number of halogens is 1. The molecule has 0 radical (unpaired) electrons. The van der Waals surface area contributed by atoms with E-state index in [1.807, 2.05) is 54.0 Å². The van der Waals surface area contributed by atoms with Crippen LogP contribution in [0.2, 0.25) is 5.02 Å². The van der Waals surface area contributed by atoms with E-state index in [1.165, 1.54) is 0 Å². The van der Waals surface area contributed by atoms with Crippen LogP contribution in [0.25, 0.3) is 5.69 Å². The first-order valence-electron chi connectivity index (χ1n) is 12.7. The molecule has 0 bridgehead atoms. The minimum atomic E-state index is -0.588. The molecule has 1 atom stereocenters. The maximum atomic E-state index is 13.0. The fourth-order valence-corrected chi connectivity index (χ4v) is 4.37. The number of carbonyl (C=O) groups is 2. The van der Waals surface area contributed by atoms with Crippen molar-refractivity contribution in [3.8, 4) is 11.4 Å². The van der Waals surface area contributed by atoms with Gasteiger partial charge in [0.1, 0.15) is 23.2 Å². The second-order valence-corrected chi connectivity index (χ2v) is 10.6. The summed E-state index contributed by atoms with van der Waals surface area (Å²) in [6.07, 6.45) is 0.136. The molecule has 0 fully saturated rings. The van der Waals surface area contributed by atoms with Crippen molar-refractivity contribution in [2.24, 2.45) is 4.99 Å². The Morgan fingerprint density at radius 2 is 1.77 bits per heavy atom. The Labute approximate surface area is 232 Å². The van der Waals surface area contributed by atoms with Crippen molar-refractivity contribution in [2.75, 3.05) is 20.2 Å². The number of fused-ring (bicyclic) bond motifs is 3. The van der Waals surface area contributed by atoms with Gasteiger partial charge in [0, 0.05) is 29.2 Å². The van der Waals surface area contributed by atoms with E-state index in [9.17, 15) is 9.59 Å². The standard InChI is InChI=1S/C28H33ClN6O4/c1-17-33-34-26-22(16-24(36)30-13-6-14-31-27(37)39-28(2,3)4)32-25(18-7-9-19(29)10-8-18)21-15-20(38-5)11-12-23(21)35(17)26/h7-12,15,22H,6,13-14,16H2,1-5H3,(H,30,36)(H,31,37). The second-order valence-electron chi connectivity index (χ2n) is 10.2. The minimum Gasteiger partial charge on any atom is -0.497 e. The molecule has 2 amide bonds. The Balaban J connectivity index is 1.55. The molecule has 1 aliphatic rings. The summed E-state index contributed by atoms with van der Waals surface area (Å²) in [5.41, 5.74) is 2.66. The lowest BCUT2D eigenvalue weighted by atomic mass is 10.00. The molecule has 1 aromatic heterocycles. The number of methoxy groups -OCH3 is 1. The van der Waals surface area contributed by atoms with Gasteiger partial charge in [-0.3, -0.25) is 14.4 Å². The van der Waals surface area contributed by atoms with Crippen LogP contribution < -0.4 is 15.4 Å². The summed E-state index contributed by atoms with van der Waals surface area (Å²) in [6, 6.07) is 12.6. The van der Waals surface area contributed by atoms with Crippen molar-refractivity contribution in [1.29, 1.82) is 0 Å². The molecule has 0 spiro atoms. The van der Waals surface area contributed by atoms with Gasteiger partial charge in [-0.05, 0) is 64.4 Å². The van der Waals surface area contributed by atoms with Crippen LogP contribution in [0, 0.1) is 6.92 Å². The summed E-state index contributed by atoms with van der Waals surface area (Å²) >= 11 is 6.16. The number of rotatable bonds is 8. The van der Waals surface area contributed by atoms with Crippen LogP contribution in [0.3, 0.4) is 0 Å². The normalized spacial score (nSPS) is 14.4. The molecule has 0 aliphatic carbocycles. The van der Waals surface area contributed by atoms with Gasteiger partial charge in [0.15, 0.2) is 5.82 Å². The molecule has 39 heavy (non-hydrogen) atoms. The molecule has 2 heterocycles. The first-order chi connectivity index (χ1) is 18.6. The first-order valence-corrected chi connectivity index (χ1v) is 13.1. The molecule has 0 saturated heterocycles. The molecule has 1 unspecified atom stereocenters. The zero-order valence-electron chi connectivity index (χ0n) is 22.7. The SMILES string of the molecule is COc1ccc2c(c1)C(c1ccc(Cl)cc1)=NC(CC(=O)NCCCNC(=O)OC(C)(C)C)c1nnc(C)n1-2. The monoisotopic (exact) mass is 552 g/mol. The van der Waals surface area contributed by atoms with Crippen molar-refractivity contribution in [1.82, 2.24) is 25.4 Å². The molecular weight excluding hydrogens is 520 g/mol. The fraction of sp³-hybridized carbons (Fsp3) is 0.393. The van der Waals surface area contributed by atoms with Gasteiger partial charge in [-0.2, -0.15) is 0 Å². The maximum absolute atomic E-state index is 13.0. The van der Waals surface area contributed by atoms with Gasteiger partial charge in [-0.15, -0.1) is 10.2 Å².